The number of aliphatic hydroxyl groups excluding tert-OH is 1. The van der Waals surface area contributed by atoms with Crippen molar-refractivity contribution < 1.29 is 9.90 Å². The fourth-order valence-corrected chi connectivity index (χ4v) is 4.36. The summed E-state index contributed by atoms with van der Waals surface area (Å²) in [6.07, 6.45) is 4.91. The van der Waals surface area contributed by atoms with Crippen LogP contribution in [0.5, 0.6) is 0 Å². The van der Waals surface area contributed by atoms with Crippen LogP contribution in [0.15, 0.2) is 25.0 Å². The third-order valence-electron chi connectivity index (χ3n) is 2.00. The van der Waals surface area contributed by atoms with Gasteiger partial charge in [-0.2, -0.15) is 0 Å². The highest BCUT2D eigenvalue weighted by atomic mass is 32.2. The molecule has 0 atom stereocenters. The number of carbonyl (C=O) groups excluding carboxylic acids is 1. The predicted molar refractivity (Wildman–Crippen MR) is 67.2 cm³/mol. The summed E-state index contributed by atoms with van der Waals surface area (Å²) in [6.45, 7) is 4.06. The van der Waals surface area contributed by atoms with Gasteiger partial charge in [0.1, 0.15) is 4.08 Å². The Labute approximate surface area is 98.4 Å². The highest BCUT2D eigenvalue weighted by Crippen LogP contribution is 2.46. The standard InChI is InChI=1S/C10H15NO2S2/c1-2-4-10(14-7-8-15-10)9(13)11-5-3-6-12/h2-3,6,12H,1,4-5,7-8H2,(H,11,13)/b6-3+. The van der Waals surface area contributed by atoms with E-state index in [1.54, 1.807) is 29.6 Å². The van der Waals surface area contributed by atoms with Gasteiger partial charge in [0.15, 0.2) is 0 Å². The molecule has 3 nitrogen and oxygen atoms in total. The summed E-state index contributed by atoms with van der Waals surface area (Å²) in [6, 6.07) is 0. The van der Waals surface area contributed by atoms with Gasteiger partial charge >= 0.3 is 0 Å². The van der Waals surface area contributed by atoms with Crippen LogP contribution in [-0.4, -0.2) is 33.1 Å². The molecule has 5 heteroatoms. The Bertz CT molecular complexity index is 260. The van der Waals surface area contributed by atoms with Gasteiger partial charge in [0.05, 0.1) is 6.26 Å². The minimum atomic E-state index is -0.398. The maximum atomic E-state index is 11.9. The van der Waals surface area contributed by atoms with E-state index in [4.69, 9.17) is 5.11 Å². The summed E-state index contributed by atoms with van der Waals surface area (Å²) >= 11 is 3.35. The topological polar surface area (TPSA) is 49.3 Å². The predicted octanol–water partition coefficient (Wildman–Crippen LogP) is 1.93. The first-order chi connectivity index (χ1) is 7.25. The molecule has 1 heterocycles. The van der Waals surface area contributed by atoms with Gasteiger partial charge in [-0.15, -0.1) is 30.1 Å². The van der Waals surface area contributed by atoms with Crippen molar-refractivity contribution in [1.82, 2.24) is 5.32 Å². The largest absolute Gasteiger partial charge is 0.516 e. The summed E-state index contributed by atoms with van der Waals surface area (Å²) in [5.74, 6) is 2.02. The van der Waals surface area contributed by atoms with Crippen molar-refractivity contribution in [3.8, 4) is 0 Å². The van der Waals surface area contributed by atoms with E-state index < -0.39 is 4.08 Å². The van der Waals surface area contributed by atoms with Gasteiger partial charge in [-0.05, 0) is 12.5 Å². The molecule has 1 amide bonds. The van der Waals surface area contributed by atoms with E-state index in [2.05, 4.69) is 11.9 Å². The monoisotopic (exact) mass is 245 g/mol. The number of thioether (sulfide) groups is 2. The second-order valence-corrected chi connectivity index (χ2v) is 6.08. The molecule has 0 radical (unpaired) electrons. The normalized spacial score (nSPS) is 19.2. The van der Waals surface area contributed by atoms with Crippen molar-refractivity contribution in [3.05, 3.63) is 25.0 Å². The molecule has 84 valence electrons. The molecule has 0 aromatic carbocycles. The molecular weight excluding hydrogens is 230 g/mol. The zero-order chi connectivity index (χ0) is 11.1. The lowest BCUT2D eigenvalue weighted by molar-refractivity contribution is -0.121. The minimum absolute atomic E-state index is 0.0213. The first-order valence-corrected chi connectivity index (χ1v) is 6.68. The van der Waals surface area contributed by atoms with E-state index in [0.717, 1.165) is 17.8 Å². The lowest BCUT2D eigenvalue weighted by Gasteiger charge is -2.24. The van der Waals surface area contributed by atoms with Gasteiger partial charge in [-0.25, -0.2) is 0 Å². The molecule has 1 rings (SSSR count). The van der Waals surface area contributed by atoms with Crippen molar-refractivity contribution >= 4 is 29.4 Å². The van der Waals surface area contributed by atoms with Crippen molar-refractivity contribution in [2.24, 2.45) is 0 Å². The van der Waals surface area contributed by atoms with Crippen molar-refractivity contribution in [1.29, 1.82) is 0 Å². The maximum Gasteiger partial charge on any atom is 0.246 e. The van der Waals surface area contributed by atoms with Crippen LogP contribution in [0.25, 0.3) is 0 Å². The SMILES string of the molecule is C=CCC1(C(=O)NC/C=C/O)SCCS1. The summed E-state index contributed by atoms with van der Waals surface area (Å²) in [5, 5.41) is 11.2. The fraction of sp³-hybridized carbons (Fsp3) is 0.500. The smallest absolute Gasteiger partial charge is 0.246 e. The first kappa shape index (κ1) is 12.5. The summed E-state index contributed by atoms with van der Waals surface area (Å²) in [5.41, 5.74) is 0. The summed E-state index contributed by atoms with van der Waals surface area (Å²) < 4.78 is -0.398. The zero-order valence-corrected chi connectivity index (χ0v) is 10.1. The van der Waals surface area contributed by atoms with Gasteiger partial charge < -0.3 is 10.4 Å². The number of hydrogen-bond donors (Lipinski definition) is 2. The molecule has 0 aromatic rings. The zero-order valence-electron chi connectivity index (χ0n) is 8.44. The molecule has 0 spiro atoms. The molecular formula is C10H15NO2S2. The van der Waals surface area contributed by atoms with Crippen LogP contribution in [0, 0.1) is 0 Å². The third-order valence-corrected chi connectivity index (χ3v) is 5.42. The molecule has 1 saturated heterocycles. The Balaban J connectivity index is 2.55. The number of rotatable bonds is 5. The molecule has 2 N–H and O–H groups in total. The van der Waals surface area contributed by atoms with E-state index in [0.29, 0.717) is 13.0 Å². The highest BCUT2D eigenvalue weighted by Gasteiger charge is 2.41. The average Bonchev–Trinajstić information content (AvgIpc) is 2.68. The molecule has 1 aliphatic rings. The van der Waals surface area contributed by atoms with Gasteiger partial charge in [-0.3, -0.25) is 4.79 Å². The molecule has 15 heavy (non-hydrogen) atoms. The van der Waals surface area contributed by atoms with E-state index >= 15 is 0 Å². The van der Waals surface area contributed by atoms with Crippen LogP contribution >= 0.6 is 23.5 Å². The number of amides is 1. The molecule has 0 bridgehead atoms. The van der Waals surface area contributed by atoms with Crippen LogP contribution in [-0.2, 0) is 4.79 Å². The van der Waals surface area contributed by atoms with E-state index in [1.165, 1.54) is 6.08 Å². The lowest BCUT2D eigenvalue weighted by Crippen LogP contribution is -2.40. The van der Waals surface area contributed by atoms with E-state index in [1.807, 2.05) is 0 Å². The molecule has 0 aliphatic carbocycles. The van der Waals surface area contributed by atoms with Gasteiger partial charge in [-0.1, -0.05) is 6.08 Å². The minimum Gasteiger partial charge on any atom is -0.516 e. The fourth-order valence-electron chi connectivity index (χ4n) is 1.33. The quantitative estimate of drug-likeness (QED) is 0.574. The molecule has 0 saturated carbocycles. The molecule has 0 aromatic heterocycles. The number of aliphatic hydroxyl groups is 1. The lowest BCUT2D eigenvalue weighted by atomic mass is 10.2. The molecule has 1 aliphatic heterocycles. The van der Waals surface area contributed by atoms with Crippen molar-refractivity contribution in [2.45, 2.75) is 10.5 Å². The van der Waals surface area contributed by atoms with Crippen LogP contribution in [0.3, 0.4) is 0 Å². The van der Waals surface area contributed by atoms with Crippen LogP contribution < -0.4 is 5.32 Å². The second-order valence-electron chi connectivity index (χ2n) is 3.04. The summed E-state index contributed by atoms with van der Waals surface area (Å²) in [7, 11) is 0. The highest BCUT2D eigenvalue weighted by molar-refractivity contribution is 8.22. The Morgan fingerprint density at radius 1 is 1.53 bits per heavy atom. The van der Waals surface area contributed by atoms with Crippen LogP contribution in [0.1, 0.15) is 6.42 Å². The van der Waals surface area contributed by atoms with Crippen LogP contribution in [0.4, 0.5) is 0 Å². The Kier molecular flexibility index (Phi) is 5.11. The number of nitrogens with one attached hydrogen (secondary N) is 1. The van der Waals surface area contributed by atoms with E-state index in [-0.39, 0.29) is 5.91 Å². The van der Waals surface area contributed by atoms with Crippen molar-refractivity contribution in [3.63, 3.8) is 0 Å². The summed E-state index contributed by atoms with van der Waals surface area (Å²) in [4.78, 5) is 11.9. The second kappa shape index (κ2) is 6.12. The first-order valence-electron chi connectivity index (χ1n) is 4.71. The number of hydrogen-bond acceptors (Lipinski definition) is 4. The van der Waals surface area contributed by atoms with Crippen LogP contribution in [0.2, 0.25) is 0 Å². The number of carbonyl (C=O) groups is 1. The third kappa shape index (κ3) is 3.21. The Morgan fingerprint density at radius 2 is 2.20 bits per heavy atom. The molecule has 0 unspecified atom stereocenters. The van der Waals surface area contributed by atoms with Gasteiger partial charge in [0.25, 0.3) is 0 Å². The van der Waals surface area contributed by atoms with E-state index in [9.17, 15) is 4.79 Å². The van der Waals surface area contributed by atoms with Gasteiger partial charge in [0, 0.05) is 18.1 Å². The number of allylic oxidation sites excluding steroid dienone is 1. The Hall–Kier alpha value is -0.550. The van der Waals surface area contributed by atoms with Crippen molar-refractivity contribution in [2.75, 3.05) is 18.1 Å². The van der Waals surface area contributed by atoms with Gasteiger partial charge in [0.2, 0.25) is 5.91 Å². The molecule has 1 fully saturated rings. The maximum absolute atomic E-state index is 11.9. The average molecular weight is 245 g/mol. The Morgan fingerprint density at radius 3 is 2.73 bits per heavy atom.